The third kappa shape index (κ3) is 7.47. The number of hydrogen-bond donors (Lipinski definition) is 2. The number of ether oxygens (including phenoxy) is 1. The number of hydrogen-bond acceptors (Lipinski definition) is 3. The highest BCUT2D eigenvalue weighted by molar-refractivity contribution is 9.10. The molecule has 0 aliphatic heterocycles. The monoisotopic (exact) mass is 390 g/mol. The second-order valence-electron chi connectivity index (χ2n) is 6.85. The number of nitrogens with one attached hydrogen (secondary N) is 2. The minimum atomic E-state index is -0.498. The largest absolute Gasteiger partial charge is 0.444 e. The molecule has 0 aromatic heterocycles. The Hall–Kier alpha value is -0.780. The van der Waals surface area contributed by atoms with Gasteiger partial charge in [-0.2, -0.15) is 0 Å². The summed E-state index contributed by atoms with van der Waals surface area (Å²) in [4.78, 5) is 11.8. The topological polar surface area (TPSA) is 50.4 Å². The van der Waals surface area contributed by atoms with E-state index >= 15 is 0 Å². The smallest absolute Gasteiger partial charge is 0.408 e. The molecule has 0 radical (unpaired) electrons. The SMILES string of the molecule is CC(C)(CNCc1ccc(Cl)cc1Br)NC(=O)OC(C)(C)C. The van der Waals surface area contributed by atoms with Crippen molar-refractivity contribution in [3.05, 3.63) is 33.3 Å². The fourth-order valence-electron chi connectivity index (χ4n) is 1.80. The number of halogens is 2. The Morgan fingerprint density at radius 3 is 2.45 bits per heavy atom. The molecule has 0 fully saturated rings. The molecule has 6 heteroatoms. The molecule has 0 aliphatic carbocycles. The first-order valence-corrected chi connectivity index (χ1v) is 8.31. The highest BCUT2D eigenvalue weighted by Gasteiger charge is 2.24. The first-order chi connectivity index (χ1) is 9.98. The quantitative estimate of drug-likeness (QED) is 0.777. The van der Waals surface area contributed by atoms with Crippen LogP contribution in [0.3, 0.4) is 0 Å². The third-order valence-electron chi connectivity index (χ3n) is 2.74. The van der Waals surface area contributed by atoms with Gasteiger partial charge < -0.3 is 15.4 Å². The molecule has 4 nitrogen and oxygen atoms in total. The second kappa shape index (κ2) is 7.66. The van der Waals surface area contributed by atoms with Gasteiger partial charge in [0.25, 0.3) is 0 Å². The summed E-state index contributed by atoms with van der Waals surface area (Å²) in [5, 5.41) is 6.89. The van der Waals surface area contributed by atoms with Crippen LogP contribution in [0.5, 0.6) is 0 Å². The fourth-order valence-corrected chi connectivity index (χ4v) is 2.62. The number of amides is 1. The number of rotatable bonds is 5. The van der Waals surface area contributed by atoms with E-state index in [9.17, 15) is 4.79 Å². The summed E-state index contributed by atoms with van der Waals surface area (Å²) in [6.07, 6.45) is -0.410. The van der Waals surface area contributed by atoms with Crippen molar-refractivity contribution < 1.29 is 9.53 Å². The molecule has 124 valence electrons. The molecule has 0 heterocycles. The van der Waals surface area contributed by atoms with Crippen LogP contribution in [0.1, 0.15) is 40.2 Å². The Morgan fingerprint density at radius 2 is 1.91 bits per heavy atom. The zero-order chi connectivity index (χ0) is 17.0. The lowest BCUT2D eigenvalue weighted by Gasteiger charge is -2.29. The molecule has 0 unspecified atom stereocenters. The van der Waals surface area contributed by atoms with E-state index in [-0.39, 0.29) is 0 Å². The Labute approximate surface area is 146 Å². The van der Waals surface area contributed by atoms with E-state index in [1.807, 2.05) is 52.8 Å². The molecule has 1 aromatic rings. The predicted octanol–water partition coefficient (Wildman–Crippen LogP) is 4.50. The van der Waals surface area contributed by atoms with Gasteiger partial charge in [-0.25, -0.2) is 4.79 Å². The van der Waals surface area contributed by atoms with Crippen molar-refractivity contribution in [1.29, 1.82) is 0 Å². The molecule has 1 amide bonds. The zero-order valence-corrected chi connectivity index (χ0v) is 16.1. The summed E-state index contributed by atoms with van der Waals surface area (Å²) in [7, 11) is 0. The van der Waals surface area contributed by atoms with E-state index in [0.717, 1.165) is 10.0 Å². The lowest BCUT2D eigenvalue weighted by atomic mass is 10.1. The van der Waals surface area contributed by atoms with E-state index in [4.69, 9.17) is 16.3 Å². The van der Waals surface area contributed by atoms with Gasteiger partial charge in [0.1, 0.15) is 5.60 Å². The van der Waals surface area contributed by atoms with E-state index in [2.05, 4.69) is 26.6 Å². The highest BCUT2D eigenvalue weighted by atomic mass is 79.9. The average molecular weight is 392 g/mol. The van der Waals surface area contributed by atoms with Crippen molar-refractivity contribution in [3.63, 3.8) is 0 Å². The highest BCUT2D eigenvalue weighted by Crippen LogP contribution is 2.21. The molecule has 0 saturated carbocycles. The maximum atomic E-state index is 11.8. The van der Waals surface area contributed by atoms with Crippen LogP contribution < -0.4 is 10.6 Å². The number of benzene rings is 1. The molecule has 0 spiro atoms. The van der Waals surface area contributed by atoms with Gasteiger partial charge in [-0.1, -0.05) is 33.6 Å². The number of alkyl carbamates (subject to hydrolysis) is 1. The first-order valence-electron chi connectivity index (χ1n) is 7.14. The van der Waals surface area contributed by atoms with Crippen LogP contribution >= 0.6 is 27.5 Å². The van der Waals surface area contributed by atoms with Gasteiger partial charge in [0.05, 0.1) is 5.54 Å². The van der Waals surface area contributed by atoms with Crippen molar-refractivity contribution in [2.75, 3.05) is 6.54 Å². The molecule has 22 heavy (non-hydrogen) atoms. The normalized spacial score (nSPS) is 12.1. The molecule has 0 bridgehead atoms. The summed E-state index contributed by atoms with van der Waals surface area (Å²) < 4.78 is 6.23. The average Bonchev–Trinajstić information content (AvgIpc) is 2.28. The van der Waals surface area contributed by atoms with Crippen LogP contribution in [-0.4, -0.2) is 23.8 Å². The Morgan fingerprint density at radius 1 is 1.27 bits per heavy atom. The van der Waals surface area contributed by atoms with Crippen LogP contribution in [0, 0.1) is 0 Å². The van der Waals surface area contributed by atoms with Gasteiger partial charge in [-0.15, -0.1) is 0 Å². The third-order valence-corrected chi connectivity index (χ3v) is 3.71. The van der Waals surface area contributed by atoms with Gasteiger partial charge in [-0.05, 0) is 52.3 Å². The predicted molar refractivity (Wildman–Crippen MR) is 94.3 cm³/mol. The molecular weight excluding hydrogens is 368 g/mol. The number of carbonyl (C=O) groups excluding carboxylic acids is 1. The number of carbonyl (C=O) groups is 1. The zero-order valence-electron chi connectivity index (χ0n) is 13.7. The van der Waals surface area contributed by atoms with Gasteiger partial charge in [0.2, 0.25) is 0 Å². The lowest BCUT2D eigenvalue weighted by Crippen LogP contribution is -2.51. The van der Waals surface area contributed by atoms with Gasteiger partial charge in [0.15, 0.2) is 0 Å². The molecule has 1 aromatic carbocycles. The first kappa shape index (κ1) is 19.3. The standard InChI is InChI=1S/C16H24BrClN2O2/c1-15(2,3)22-14(21)20-16(4,5)10-19-9-11-6-7-12(18)8-13(11)17/h6-8,19H,9-10H2,1-5H3,(H,20,21). The lowest BCUT2D eigenvalue weighted by molar-refractivity contribution is 0.0472. The van der Waals surface area contributed by atoms with Crippen LogP contribution in [0.4, 0.5) is 4.79 Å². The molecule has 0 aliphatic rings. The fraction of sp³-hybridized carbons (Fsp3) is 0.562. The maximum absolute atomic E-state index is 11.8. The Bertz CT molecular complexity index is 527. The van der Waals surface area contributed by atoms with E-state index < -0.39 is 17.2 Å². The van der Waals surface area contributed by atoms with Crippen LogP contribution in [0.25, 0.3) is 0 Å². The summed E-state index contributed by atoms with van der Waals surface area (Å²) in [6, 6.07) is 5.68. The van der Waals surface area contributed by atoms with Crippen LogP contribution in [-0.2, 0) is 11.3 Å². The van der Waals surface area contributed by atoms with Crippen molar-refractivity contribution >= 4 is 33.6 Å². The molecule has 1 rings (SSSR count). The van der Waals surface area contributed by atoms with E-state index in [1.165, 1.54) is 0 Å². The summed E-state index contributed by atoms with van der Waals surface area (Å²) in [6.45, 7) is 10.7. The summed E-state index contributed by atoms with van der Waals surface area (Å²) in [5.41, 5.74) is 0.195. The van der Waals surface area contributed by atoms with Gasteiger partial charge in [-0.3, -0.25) is 0 Å². The van der Waals surface area contributed by atoms with E-state index in [1.54, 1.807) is 0 Å². The minimum Gasteiger partial charge on any atom is -0.444 e. The van der Waals surface area contributed by atoms with Gasteiger partial charge in [0, 0.05) is 22.6 Å². The van der Waals surface area contributed by atoms with Crippen molar-refractivity contribution in [3.8, 4) is 0 Å². The summed E-state index contributed by atoms with van der Waals surface area (Å²) in [5.74, 6) is 0. The Kier molecular flexibility index (Phi) is 6.71. The van der Waals surface area contributed by atoms with Crippen molar-refractivity contribution in [2.24, 2.45) is 0 Å². The molecular formula is C16H24BrClN2O2. The van der Waals surface area contributed by atoms with Crippen LogP contribution in [0.2, 0.25) is 5.02 Å². The molecule has 0 atom stereocenters. The maximum Gasteiger partial charge on any atom is 0.408 e. The second-order valence-corrected chi connectivity index (χ2v) is 8.14. The van der Waals surface area contributed by atoms with E-state index in [0.29, 0.717) is 18.1 Å². The minimum absolute atomic E-state index is 0.410. The molecule has 2 N–H and O–H groups in total. The Balaban J connectivity index is 2.47. The van der Waals surface area contributed by atoms with Gasteiger partial charge >= 0.3 is 6.09 Å². The van der Waals surface area contributed by atoms with Crippen molar-refractivity contribution in [2.45, 2.75) is 52.3 Å². The van der Waals surface area contributed by atoms with Crippen LogP contribution in [0.15, 0.2) is 22.7 Å². The van der Waals surface area contributed by atoms with Crippen molar-refractivity contribution in [1.82, 2.24) is 10.6 Å². The summed E-state index contributed by atoms with van der Waals surface area (Å²) >= 11 is 9.41. The molecule has 0 saturated heterocycles.